The van der Waals surface area contributed by atoms with Crippen molar-refractivity contribution in [2.24, 2.45) is 0 Å². The van der Waals surface area contributed by atoms with Gasteiger partial charge in [-0.2, -0.15) is 0 Å². The van der Waals surface area contributed by atoms with Gasteiger partial charge in [0.1, 0.15) is 12.4 Å². The van der Waals surface area contributed by atoms with Crippen LogP contribution in [0.15, 0.2) is 42.5 Å². The van der Waals surface area contributed by atoms with Crippen LogP contribution in [-0.4, -0.2) is 50.3 Å². The van der Waals surface area contributed by atoms with Gasteiger partial charge in [0.05, 0.1) is 6.61 Å². The molecule has 2 rings (SSSR count). The molecule has 2 aromatic carbocycles. The molecule has 174 valence electrons. The number of ether oxygens (including phenoxy) is 2. The van der Waals surface area contributed by atoms with E-state index in [1.54, 1.807) is 0 Å². The van der Waals surface area contributed by atoms with Crippen molar-refractivity contribution in [2.45, 2.75) is 46.0 Å². The number of aldehydes is 1. The molecule has 0 fully saturated rings. The van der Waals surface area contributed by atoms with Crippen LogP contribution in [0, 0.1) is 0 Å². The molecule has 1 N–H and O–H groups in total. The number of aliphatic carboxylic acids is 1. The third kappa shape index (κ3) is 8.00. The fraction of sp³-hybridized carbons (Fsp3) is 0.462. The minimum absolute atomic E-state index is 0.113. The first-order chi connectivity index (χ1) is 15.6. The lowest BCUT2D eigenvalue weighted by Crippen LogP contribution is -2.26. The molecule has 6 nitrogen and oxygen atoms in total. The van der Waals surface area contributed by atoms with E-state index in [2.05, 4.69) is 18.7 Å². The lowest BCUT2D eigenvalue weighted by Gasteiger charge is -2.26. The Balaban J connectivity index is 2.17. The third-order valence-electron chi connectivity index (χ3n) is 5.13. The van der Waals surface area contributed by atoms with Gasteiger partial charge in [-0.3, -0.25) is 9.59 Å². The molecule has 2 aromatic rings. The van der Waals surface area contributed by atoms with E-state index in [-0.39, 0.29) is 6.42 Å². The molecule has 6 heteroatoms. The lowest BCUT2D eigenvalue weighted by atomic mass is 10.0. The van der Waals surface area contributed by atoms with Crippen LogP contribution in [0.2, 0.25) is 0 Å². The normalized spacial score (nSPS) is 10.7. The fourth-order valence-corrected chi connectivity index (χ4v) is 3.54. The van der Waals surface area contributed by atoms with E-state index >= 15 is 0 Å². The van der Waals surface area contributed by atoms with Gasteiger partial charge in [-0.05, 0) is 43.0 Å². The number of hydrogen-bond acceptors (Lipinski definition) is 5. The van der Waals surface area contributed by atoms with Crippen molar-refractivity contribution in [3.63, 3.8) is 0 Å². The van der Waals surface area contributed by atoms with Crippen molar-refractivity contribution < 1.29 is 24.2 Å². The van der Waals surface area contributed by atoms with Crippen LogP contribution in [0.4, 0.5) is 5.69 Å². The first kappa shape index (κ1) is 25.4. The maximum atomic E-state index is 11.9. The van der Waals surface area contributed by atoms with Crippen molar-refractivity contribution in [1.82, 2.24) is 0 Å². The zero-order chi connectivity index (χ0) is 23.2. The smallest absolute Gasteiger partial charge is 0.303 e. The number of unbranched alkanes of at least 4 members (excludes halogenated alkanes) is 1. The largest absolute Gasteiger partial charge is 0.491 e. The van der Waals surface area contributed by atoms with Gasteiger partial charge >= 0.3 is 5.97 Å². The van der Waals surface area contributed by atoms with Gasteiger partial charge in [0, 0.05) is 42.9 Å². The first-order valence-electron chi connectivity index (χ1n) is 11.5. The van der Waals surface area contributed by atoms with Crippen molar-refractivity contribution in [3.05, 3.63) is 48.0 Å². The average molecular weight is 442 g/mol. The number of benzene rings is 2. The van der Waals surface area contributed by atoms with Crippen molar-refractivity contribution >= 4 is 17.9 Å². The molecule has 32 heavy (non-hydrogen) atoms. The summed E-state index contributed by atoms with van der Waals surface area (Å²) in [5.74, 6) is -0.0529. The van der Waals surface area contributed by atoms with Gasteiger partial charge in [-0.15, -0.1) is 0 Å². The fourth-order valence-electron chi connectivity index (χ4n) is 3.54. The maximum Gasteiger partial charge on any atom is 0.303 e. The van der Waals surface area contributed by atoms with E-state index in [1.807, 2.05) is 42.5 Å². The second-order valence-electron chi connectivity index (χ2n) is 7.69. The Hall–Kier alpha value is -2.86. The molecule has 0 aliphatic carbocycles. The zero-order valence-corrected chi connectivity index (χ0v) is 19.2. The van der Waals surface area contributed by atoms with E-state index < -0.39 is 5.97 Å². The molecule has 0 unspecified atom stereocenters. The summed E-state index contributed by atoms with van der Waals surface area (Å²) in [6.07, 6.45) is 4.57. The van der Waals surface area contributed by atoms with Gasteiger partial charge in [0.15, 0.2) is 6.29 Å². The molecular weight excluding hydrogens is 406 g/mol. The van der Waals surface area contributed by atoms with E-state index in [9.17, 15) is 9.59 Å². The Bertz CT molecular complexity index is 852. The van der Waals surface area contributed by atoms with Crippen LogP contribution in [0.3, 0.4) is 0 Å². The van der Waals surface area contributed by atoms with Crippen molar-refractivity contribution in [3.8, 4) is 16.9 Å². The SMILES string of the molecule is CCCCOCCOc1ccccc1-c1ccc(N(CCC)CCCC(=O)O)c(C=O)c1. The van der Waals surface area contributed by atoms with Crippen LogP contribution in [0.25, 0.3) is 11.1 Å². The van der Waals surface area contributed by atoms with Gasteiger partial charge in [0.2, 0.25) is 0 Å². The van der Waals surface area contributed by atoms with E-state index in [0.29, 0.717) is 31.7 Å². The topological polar surface area (TPSA) is 76.1 Å². The van der Waals surface area contributed by atoms with Crippen LogP contribution in [0.1, 0.15) is 56.3 Å². The lowest BCUT2D eigenvalue weighted by molar-refractivity contribution is -0.137. The predicted octanol–water partition coefficient (Wildman–Crippen LogP) is 5.44. The summed E-state index contributed by atoms with van der Waals surface area (Å²) < 4.78 is 11.5. The summed E-state index contributed by atoms with van der Waals surface area (Å²) >= 11 is 0. The molecule has 0 radical (unpaired) electrons. The Morgan fingerprint density at radius 2 is 1.81 bits per heavy atom. The quantitative estimate of drug-likeness (QED) is 0.276. The van der Waals surface area contributed by atoms with Crippen LogP contribution < -0.4 is 9.64 Å². The summed E-state index contributed by atoms with van der Waals surface area (Å²) in [6.45, 7) is 7.30. The van der Waals surface area contributed by atoms with Gasteiger partial charge in [0.25, 0.3) is 0 Å². The van der Waals surface area contributed by atoms with E-state index in [0.717, 1.165) is 61.3 Å². The van der Waals surface area contributed by atoms with Gasteiger partial charge < -0.3 is 19.5 Å². The highest BCUT2D eigenvalue weighted by Gasteiger charge is 2.14. The maximum absolute atomic E-state index is 11.9. The minimum atomic E-state index is -0.806. The molecule has 0 atom stereocenters. The second-order valence-corrected chi connectivity index (χ2v) is 7.69. The summed E-state index contributed by atoms with van der Waals surface area (Å²) in [5.41, 5.74) is 3.24. The highest BCUT2D eigenvalue weighted by atomic mass is 16.5. The molecule has 0 aromatic heterocycles. The number of nitrogens with zero attached hydrogens (tertiary/aromatic N) is 1. The molecular formula is C26H35NO5. The first-order valence-corrected chi connectivity index (χ1v) is 11.5. The molecule has 0 aliphatic heterocycles. The number of hydrogen-bond donors (Lipinski definition) is 1. The highest BCUT2D eigenvalue weighted by Crippen LogP contribution is 2.33. The number of anilines is 1. The molecule has 0 heterocycles. The second kappa shape index (κ2) is 14.2. The Morgan fingerprint density at radius 3 is 2.53 bits per heavy atom. The summed E-state index contributed by atoms with van der Waals surface area (Å²) in [5, 5.41) is 8.94. The number of para-hydroxylation sites is 1. The minimum Gasteiger partial charge on any atom is -0.491 e. The zero-order valence-electron chi connectivity index (χ0n) is 19.2. The van der Waals surface area contributed by atoms with Gasteiger partial charge in [-0.1, -0.05) is 44.5 Å². The van der Waals surface area contributed by atoms with Crippen molar-refractivity contribution in [2.75, 3.05) is 37.8 Å². The molecule has 0 saturated carbocycles. The van der Waals surface area contributed by atoms with E-state index in [4.69, 9.17) is 14.6 Å². The Morgan fingerprint density at radius 1 is 1.00 bits per heavy atom. The molecule has 0 aliphatic rings. The predicted molar refractivity (Wildman–Crippen MR) is 128 cm³/mol. The summed E-state index contributed by atoms with van der Waals surface area (Å²) in [6, 6.07) is 13.6. The molecule has 0 amide bonds. The highest BCUT2D eigenvalue weighted by molar-refractivity contribution is 5.88. The number of carbonyl (C=O) groups excluding carboxylic acids is 1. The molecule has 0 spiro atoms. The average Bonchev–Trinajstić information content (AvgIpc) is 2.80. The number of carboxylic acid groups (broad SMARTS) is 1. The molecule has 0 bridgehead atoms. The third-order valence-corrected chi connectivity index (χ3v) is 5.13. The Kier molecular flexibility index (Phi) is 11.3. The van der Waals surface area contributed by atoms with Crippen molar-refractivity contribution in [1.29, 1.82) is 0 Å². The van der Waals surface area contributed by atoms with Crippen LogP contribution >= 0.6 is 0 Å². The molecule has 0 saturated heterocycles. The Labute approximate surface area is 191 Å². The number of rotatable bonds is 16. The standard InChI is InChI=1S/C26H35NO5/c1-3-5-16-31-17-18-32-25-10-7-6-9-23(25)21-12-13-24(22(19-21)20-28)27(14-4-2)15-8-11-26(29)30/h6-7,9-10,12-13,19-20H,3-5,8,11,14-18H2,1-2H3,(H,29,30). The number of carboxylic acids is 1. The van der Waals surface area contributed by atoms with Gasteiger partial charge in [-0.25, -0.2) is 0 Å². The summed E-state index contributed by atoms with van der Waals surface area (Å²) in [7, 11) is 0. The van der Waals surface area contributed by atoms with E-state index in [1.165, 1.54) is 0 Å². The monoisotopic (exact) mass is 441 g/mol. The van der Waals surface area contributed by atoms with Crippen LogP contribution in [-0.2, 0) is 9.53 Å². The number of carbonyl (C=O) groups is 2. The summed E-state index contributed by atoms with van der Waals surface area (Å²) in [4.78, 5) is 24.9. The van der Waals surface area contributed by atoms with Crippen LogP contribution in [0.5, 0.6) is 5.75 Å².